The number of unbranched alkanes of at least 4 members (excludes halogenated alkanes) is 1. The molecule has 0 radical (unpaired) electrons. The van der Waals surface area contributed by atoms with Gasteiger partial charge in [-0.1, -0.05) is 26.7 Å². The number of aromatic nitrogens is 2. The highest BCUT2D eigenvalue weighted by Crippen LogP contribution is 2.29. The normalized spacial score (nSPS) is 13.4. The summed E-state index contributed by atoms with van der Waals surface area (Å²) in [6.45, 7) is 11.2. The third-order valence-electron chi connectivity index (χ3n) is 3.30. The van der Waals surface area contributed by atoms with Gasteiger partial charge in [-0.05, 0) is 39.2 Å². The lowest BCUT2D eigenvalue weighted by atomic mass is 9.93. The van der Waals surface area contributed by atoms with Crippen LogP contribution in [0.25, 0.3) is 0 Å². The number of aryl methyl sites for hydroxylation is 1. The van der Waals surface area contributed by atoms with Crippen LogP contribution < -0.4 is 0 Å². The molecular formula is C14H26N2. The second-order valence-electron chi connectivity index (χ2n) is 5.00. The van der Waals surface area contributed by atoms with Crippen LogP contribution in [0, 0.1) is 6.92 Å². The summed E-state index contributed by atoms with van der Waals surface area (Å²) in [6.07, 6.45) is 7.14. The summed E-state index contributed by atoms with van der Waals surface area (Å²) < 4.78 is 2.21. The van der Waals surface area contributed by atoms with E-state index in [4.69, 9.17) is 0 Å². The van der Waals surface area contributed by atoms with E-state index in [-0.39, 0.29) is 0 Å². The molecule has 2 heteroatoms. The molecule has 0 N–H and O–H groups in total. The Kier molecular flexibility index (Phi) is 5.04. The average Bonchev–Trinajstić information content (AvgIpc) is 2.62. The first-order valence-electron chi connectivity index (χ1n) is 6.65. The molecule has 0 saturated heterocycles. The number of rotatable bonds is 6. The molecule has 0 aliphatic rings. The van der Waals surface area contributed by atoms with Crippen molar-refractivity contribution in [3.05, 3.63) is 17.5 Å². The largest absolute Gasteiger partial charge is 0.267 e. The van der Waals surface area contributed by atoms with Crippen molar-refractivity contribution >= 4 is 0 Å². The van der Waals surface area contributed by atoms with Crippen LogP contribution >= 0.6 is 0 Å². The molecule has 0 amide bonds. The van der Waals surface area contributed by atoms with E-state index in [1.807, 2.05) is 6.20 Å². The van der Waals surface area contributed by atoms with E-state index < -0.39 is 0 Å². The van der Waals surface area contributed by atoms with Gasteiger partial charge in [0.2, 0.25) is 0 Å². The first-order valence-corrected chi connectivity index (χ1v) is 6.65. The molecule has 1 aromatic rings. The van der Waals surface area contributed by atoms with Crippen molar-refractivity contribution < 1.29 is 0 Å². The predicted molar refractivity (Wildman–Crippen MR) is 69.9 cm³/mol. The fourth-order valence-corrected chi connectivity index (χ4v) is 2.36. The van der Waals surface area contributed by atoms with Crippen LogP contribution in [0.5, 0.6) is 0 Å². The van der Waals surface area contributed by atoms with Crippen LogP contribution in [0.3, 0.4) is 0 Å². The molecule has 0 aliphatic heterocycles. The van der Waals surface area contributed by atoms with Gasteiger partial charge >= 0.3 is 0 Å². The highest BCUT2D eigenvalue weighted by Gasteiger charge is 2.18. The van der Waals surface area contributed by atoms with Gasteiger partial charge in [0.1, 0.15) is 0 Å². The minimum Gasteiger partial charge on any atom is -0.267 e. The summed E-state index contributed by atoms with van der Waals surface area (Å²) in [6, 6.07) is 0.472. The van der Waals surface area contributed by atoms with Crippen molar-refractivity contribution in [1.29, 1.82) is 0 Å². The molecule has 0 aromatic carbocycles. The molecule has 0 fully saturated rings. The molecule has 2 nitrogen and oxygen atoms in total. The minimum atomic E-state index is 0.472. The van der Waals surface area contributed by atoms with Gasteiger partial charge in [-0.15, -0.1) is 0 Å². The standard InChI is InChI=1S/C14H26N2/c1-6-8-9-13(7-2)14-12(5)10-15-16(14)11(3)4/h10-11,13H,6-9H2,1-5H3. The molecular weight excluding hydrogens is 196 g/mol. The maximum Gasteiger partial charge on any atom is 0.0522 e. The Morgan fingerprint density at radius 2 is 2.00 bits per heavy atom. The molecule has 1 aromatic heterocycles. The Morgan fingerprint density at radius 1 is 1.31 bits per heavy atom. The van der Waals surface area contributed by atoms with Crippen LogP contribution in [-0.2, 0) is 0 Å². The van der Waals surface area contributed by atoms with Crippen molar-refractivity contribution in [2.75, 3.05) is 0 Å². The molecule has 0 spiro atoms. The monoisotopic (exact) mass is 222 g/mol. The zero-order chi connectivity index (χ0) is 12.1. The summed E-state index contributed by atoms with van der Waals surface area (Å²) >= 11 is 0. The molecule has 1 heterocycles. The van der Waals surface area contributed by atoms with E-state index in [2.05, 4.69) is 44.4 Å². The minimum absolute atomic E-state index is 0.472. The molecule has 0 aliphatic carbocycles. The fourth-order valence-electron chi connectivity index (χ4n) is 2.36. The first kappa shape index (κ1) is 13.3. The maximum atomic E-state index is 4.51. The Morgan fingerprint density at radius 3 is 2.50 bits per heavy atom. The highest BCUT2D eigenvalue weighted by molar-refractivity contribution is 5.20. The summed E-state index contributed by atoms with van der Waals surface area (Å²) in [5.41, 5.74) is 2.82. The lowest BCUT2D eigenvalue weighted by molar-refractivity contribution is 0.458. The van der Waals surface area contributed by atoms with Crippen LogP contribution in [0.4, 0.5) is 0 Å². The van der Waals surface area contributed by atoms with Crippen molar-refractivity contribution in [1.82, 2.24) is 9.78 Å². The zero-order valence-corrected chi connectivity index (χ0v) is 11.5. The zero-order valence-electron chi connectivity index (χ0n) is 11.5. The second-order valence-corrected chi connectivity index (χ2v) is 5.00. The topological polar surface area (TPSA) is 17.8 Å². The Bertz CT molecular complexity index is 313. The Hall–Kier alpha value is -0.790. The lowest BCUT2D eigenvalue weighted by Gasteiger charge is -2.20. The summed E-state index contributed by atoms with van der Waals surface area (Å²) in [4.78, 5) is 0. The molecule has 1 atom stereocenters. The van der Waals surface area contributed by atoms with E-state index in [1.165, 1.54) is 36.9 Å². The fraction of sp³-hybridized carbons (Fsp3) is 0.786. The van der Waals surface area contributed by atoms with E-state index in [1.54, 1.807) is 0 Å². The Balaban J connectivity index is 2.93. The Labute approximate surface area is 100 Å². The molecule has 0 bridgehead atoms. The molecule has 0 saturated carbocycles. The van der Waals surface area contributed by atoms with Crippen molar-refractivity contribution in [2.45, 2.75) is 72.3 Å². The number of nitrogens with zero attached hydrogens (tertiary/aromatic N) is 2. The van der Waals surface area contributed by atoms with Gasteiger partial charge < -0.3 is 0 Å². The van der Waals surface area contributed by atoms with Gasteiger partial charge in [-0.3, -0.25) is 4.68 Å². The van der Waals surface area contributed by atoms with Crippen LogP contribution in [0.2, 0.25) is 0 Å². The van der Waals surface area contributed by atoms with Crippen molar-refractivity contribution in [3.63, 3.8) is 0 Å². The van der Waals surface area contributed by atoms with Crippen LogP contribution in [-0.4, -0.2) is 9.78 Å². The molecule has 16 heavy (non-hydrogen) atoms. The van der Waals surface area contributed by atoms with Gasteiger partial charge in [-0.2, -0.15) is 5.10 Å². The van der Waals surface area contributed by atoms with Gasteiger partial charge in [0.05, 0.1) is 6.20 Å². The average molecular weight is 222 g/mol. The van der Waals surface area contributed by atoms with Gasteiger partial charge in [0, 0.05) is 17.7 Å². The molecule has 1 unspecified atom stereocenters. The van der Waals surface area contributed by atoms with Crippen molar-refractivity contribution in [3.8, 4) is 0 Å². The SMILES string of the molecule is CCCCC(CC)c1c(C)cnn1C(C)C. The number of hydrogen-bond acceptors (Lipinski definition) is 1. The quantitative estimate of drug-likeness (QED) is 0.695. The molecule has 92 valence electrons. The van der Waals surface area contributed by atoms with Gasteiger partial charge in [-0.25, -0.2) is 0 Å². The first-order chi connectivity index (χ1) is 7.61. The van der Waals surface area contributed by atoms with Gasteiger partial charge in [0.15, 0.2) is 0 Å². The second kappa shape index (κ2) is 6.07. The van der Waals surface area contributed by atoms with Gasteiger partial charge in [0.25, 0.3) is 0 Å². The third kappa shape index (κ3) is 2.87. The number of hydrogen-bond donors (Lipinski definition) is 0. The van der Waals surface area contributed by atoms with Crippen LogP contribution in [0.1, 0.15) is 76.6 Å². The van der Waals surface area contributed by atoms with E-state index in [0.717, 1.165) is 0 Å². The van der Waals surface area contributed by atoms with Crippen LogP contribution in [0.15, 0.2) is 6.20 Å². The summed E-state index contributed by atoms with van der Waals surface area (Å²) in [5.74, 6) is 0.685. The summed E-state index contributed by atoms with van der Waals surface area (Å²) in [5, 5.41) is 4.51. The van der Waals surface area contributed by atoms with Crippen molar-refractivity contribution in [2.24, 2.45) is 0 Å². The molecule has 1 rings (SSSR count). The van der Waals surface area contributed by atoms with E-state index in [9.17, 15) is 0 Å². The maximum absolute atomic E-state index is 4.51. The third-order valence-corrected chi connectivity index (χ3v) is 3.30. The summed E-state index contributed by atoms with van der Waals surface area (Å²) in [7, 11) is 0. The smallest absolute Gasteiger partial charge is 0.0522 e. The van der Waals surface area contributed by atoms with E-state index in [0.29, 0.717) is 12.0 Å². The van der Waals surface area contributed by atoms with E-state index >= 15 is 0 Å². The highest BCUT2D eigenvalue weighted by atomic mass is 15.3. The predicted octanol–water partition coefficient (Wildman–Crippen LogP) is 4.46. The lowest BCUT2D eigenvalue weighted by Crippen LogP contribution is -2.12.